The third kappa shape index (κ3) is 8.28. The van der Waals surface area contributed by atoms with E-state index in [2.05, 4.69) is 18.7 Å². The minimum Gasteiger partial charge on any atom is -0.459 e. The van der Waals surface area contributed by atoms with Crippen LogP contribution in [0.15, 0.2) is 96.2 Å². The monoisotopic (exact) mass is 761 g/mol. The van der Waals surface area contributed by atoms with Crippen LogP contribution in [-0.4, -0.2) is 78.3 Å². The van der Waals surface area contributed by atoms with Crippen LogP contribution in [0.3, 0.4) is 0 Å². The van der Waals surface area contributed by atoms with Crippen molar-refractivity contribution in [2.24, 2.45) is 22.9 Å². The number of carbonyl (C=O) groups excluding carboxylic acids is 2. The Bertz CT molecular complexity index is 1970. The number of unbranched alkanes of at least 4 members (excludes halogenated alkanes) is 2. The summed E-state index contributed by atoms with van der Waals surface area (Å²) < 4.78 is 20.5. The first-order valence-electron chi connectivity index (χ1n) is 19.5. The van der Waals surface area contributed by atoms with Gasteiger partial charge in [0, 0.05) is 49.3 Å². The lowest BCUT2D eigenvalue weighted by Gasteiger charge is -2.59. The Morgan fingerprint density at radius 1 is 1.05 bits per heavy atom. The highest BCUT2D eigenvalue weighted by Gasteiger charge is 2.65. The van der Waals surface area contributed by atoms with Crippen LogP contribution < -0.4 is 9.47 Å². The normalized spacial score (nSPS) is 24.1. The Morgan fingerprint density at radius 3 is 2.50 bits per heavy atom. The van der Waals surface area contributed by atoms with Gasteiger partial charge in [-0.25, -0.2) is 0 Å². The Morgan fingerprint density at radius 2 is 1.80 bits per heavy atom. The SMILES string of the molecule is C=CCOC12Oc3ccc(Oc4cccc(C=O)c4)cc3C3C(CCCCO)C(CCCCO)C=C(C(=NOCC)CC1N(C)C(=O)c1ccc(C#N)cc1)C32. The minimum atomic E-state index is -1.40. The molecular formula is C45H51N3O8. The minimum absolute atomic E-state index is 0.0450. The molecule has 0 aromatic heterocycles. The second-order valence-corrected chi connectivity index (χ2v) is 14.6. The van der Waals surface area contributed by atoms with Gasteiger partial charge in [-0.1, -0.05) is 42.3 Å². The van der Waals surface area contributed by atoms with E-state index in [0.717, 1.165) is 43.1 Å². The van der Waals surface area contributed by atoms with Crippen LogP contribution in [0, 0.1) is 29.1 Å². The van der Waals surface area contributed by atoms with Crippen molar-refractivity contribution in [3.05, 3.63) is 113 Å². The first-order valence-corrected chi connectivity index (χ1v) is 19.5. The van der Waals surface area contributed by atoms with Gasteiger partial charge in [-0.3, -0.25) is 9.59 Å². The second-order valence-electron chi connectivity index (χ2n) is 14.6. The van der Waals surface area contributed by atoms with E-state index < -0.39 is 17.7 Å². The van der Waals surface area contributed by atoms with Crippen molar-refractivity contribution in [3.8, 4) is 23.3 Å². The Labute approximate surface area is 328 Å². The summed E-state index contributed by atoms with van der Waals surface area (Å²) in [6, 6.07) is 20.7. The molecule has 3 aromatic carbocycles. The van der Waals surface area contributed by atoms with Crippen LogP contribution >= 0.6 is 0 Å². The number of carbonyl (C=O) groups is 2. The number of benzene rings is 3. The van der Waals surface area contributed by atoms with Crippen molar-refractivity contribution in [1.82, 2.24) is 4.90 Å². The van der Waals surface area contributed by atoms with Gasteiger partial charge in [0.05, 0.1) is 29.9 Å². The molecule has 11 heteroatoms. The summed E-state index contributed by atoms with van der Waals surface area (Å²) in [5.74, 6) is -0.544. The van der Waals surface area contributed by atoms with Crippen LogP contribution in [0.2, 0.25) is 0 Å². The first kappa shape index (κ1) is 40.4. The molecule has 1 aliphatic heterocycles. The molecule has 3 aliphatic rings. The molecule has 56 heavy (non-hydrogen) atoms. The fourth-order valence-corrected chi connectivity index (χ4v) is 8.75. The van der Waals surface area contributed by atoms with E-state index in [-0.39, 0.29) is 49.9 Å². The van der Waals surface area contributed by atoms with E-state index in [0.29, 0.717) is 59.1 Å². The largest absolute Gasteiger partial charge is 0.459 e. The maximum absolute atomic E-state index is 14.4. The number of hydrogen-bond acceptors (Lipinski definition) is 10. The molecule has 2 N–H and O–H groups in total. The topological polar surface area (TPSA) is 151 Å². The molecule has 1 fully saturated rings. The van der Waals surface area contributed by atoms with Gasteiger partial charge in [0.25, 0.3) is 5.91 Å². The van der Waals surface area contributed by atoms with Gasteiger partial charge in [-0.05, 0) is 105 Å². The number of ether oxygens (including phenoxy) is 3. The Kier molecular flexibility index (Phi) is 13.4. The van der Waals surface area contributed by atoms with Crippen LogP contribution in [0.1, 0.15) is 89.6 Å². The maximum Gasteiger partial charge on any atom is 0.254 e. The van der Waals surface area contributed by atoms with Crippen molar-refractivity contribution in [3.63, 3.8) is 0 Å². The maximum atomic E-state index is 14.4. The molecule has 6 atom stereocenters. The number of amides is 1. The predicted molar refractivity (Wildman–Crippen MR) is 212 cm³/mol. The number of fused-ring (bicyclic) bond motifs is 2. The highest BCUT2D eigenvalue weighted by Crippen LogP contribution is 2.62. The number of allylic oxidation sites excluding steroid dienone is 1. The molecule has 0 spiro atoms. The van der Waals surface area contributed by atoms with E-state index in [9.17, 15) is 25.1 Å². The fourth-order valence-electron chi connectivity index (χ4n) is 8.75. The zero-order valence-electron chi connectivity index (χ0n) is 32.1. The molecule has 2 aliphatic carbocycles. The number of nitriles is 1. The van der Waals surface area contributed by atoms with Gasteiger partial charge in [0.15, 0.2) is 0 Å². The average Bonchev–Trinajstić information content (AvgIpc) is 3.23. The molecule has 11 nitrogen and oxygen atoms in total. The van der Waals surface area contributed by atoms with Gasteiger partial charge >= 0.3 is 0 Å². The molecular weight excluding hydrogens is 711 g/mol. The van der Waals surface area contributed by atoms with Crippen molar-refractivity contribution in [1.29, 1.82) is 5.26 Å². The standard InChI is InChI=1S/C45H51N3O8/c1-4-23-53-45-41(48(3)44(52)32-17-15-30(28-46)16-18-32)27-39(47-54-5-2)37-25-33(12-6-8-21-49)36(14-7-9-22-50)42(43(37)45)38-26-35(19-20-40(38)56-45)55-34-13-10-11-31(24-34)29-51/h4,10-11,13,15-20,24-26,29,33,36,41-43,49-50H,1,5-9,12,14,21-23,27H2,2-3H3. The predicted octanol–water partition coefficient (Wildman–Crippen LogP) is 7.59. The number of oxime groups is 1. The smallest absolute Gasteiger partial charge is 0.254 e. The molecule has 1 heterocycles. The van der Waals surface area contributed by atoms with Crippen LogP contribution in [0.5, 0.6) is 17.2 Å². The molecule has 0 saturated heterocycles. The number of likely N-dealkylation sites (N-methyl/N-ethyl adjacent to an activating group) is 1. The first-order chi connectivity index (χ1) is 27.3. The molecule has 1 amide bonds. The summed E-state index contributed by atoms with van der Waals surface area (Å²) in [7, 11) is 1.74. The lowest BCUT2D eigenvalue weighted by Crippen LogP contribution is -2.69. The molecule has 1 saturated carbocycles. The van der Waals surface area contributed by atoms with E-state index in [1.54, 1.807) is 66.6 Å². The van der Waals surface area contributed by atoms with E-state index in [1.165, 1.54) is 0 Å². The van der Waals surface area contributed by atoms with Gasteiger partial charge in [0.2, 0.25) is 5.79 Å². The number of aldehydes is 1. The fraction of sp³-hybridized carbons (Fsp3) is 0.422. The Hall–Kier alpha value is -5.28. The van der Waals surface area contributed by atoms with Crippen molar-refractivity contribution >= 4 is 17.9 Å². The highest BCUT2D eigenvalue weighted by molar-refractivity contribution is 6.03. The lowest BCUT2D eigenvalue weighted by atomic mass is 9.55. The number of aliphatic hydroxyl groups is 2. The summed E-state index contributed by atoms with van der Waals surface area (Å²) in [5, 5.41) is 33.8. The lowest BCUT2D eigenvalue weighted by molar-refractivity contribution is -0.252. The zero-order valence-corrected chi connectivity index (χ0v) is 32.1. The summed E-state index contributed by atoms with van der Waals surface area (Å²) in [6.07, 6.45) is 9.57. The van der Waals surface area contributed by atoms with Crippen molar-refractivity contribution in [2.75, 3.05) is 33.5 Å². The number of hydrogen-bond donors (Lipinski definition) is 2. The summed E-state index contributed by atoms with van der Waals surface area (Å²) >= 11 is 0. The number of aliphatic hydroxyl groups excluding tert-OH is 2. The van der Waals surface area contributed by atoms with Gasteiger partial charge in [0.1, 0.15) is 36.2 Å². The highest BCUT2D eigenvalue weighted by atomic mass is 16.7. The van der Waals surface area contributed by atoms with E-state index in [4.69, 9.17) is 24.2 Å². The molecule has 6 unspecified atom stereocenters. The summed E-state index contributed by atoms with van der Waals surface area (Å²) in [5.41, 5.74) is 3.92. The van der Waals surface area contributed by atoms with Crippen molar-refractivity contribution in [2.45, 2.75) is 69.6 Å². The average molecular weight is 762 g/mol. The van der Waals surface area contributed by atoms with E-state index in [1.807, 2.05) is 25.1 Å². The Balaban J connectivity index is 1.56. The van der Waals surface area contributed by atoms with Crippen LogP contribution in [0.4, 0.5) is 0 Å². The van der Waals surface area contributed by atoms with Crippen molar-refractivity contribution < 1.29 is 38.9 Å². The van der Waals surface area contributed by atoms with Crippen LogP contribution in [-0.2, 0) is 9.57 Å². The molecule has 3 aromatic rings. The molecule has 294 valence electrons. The summed E-state index contributed by atoms with van der Waals surface area (Å²) in [4.78, 5) is 33.4. The third-order valence-electron chi connectivity index (χ3n) is 11.2. The number of nitrogens with zero attached hydrogens (tertiary/aromatic N) is 3. The zero-order chi connectivity index (χ0) is 39.7. The quantitative estimate of drug-likeness (QED) is 0.0579. The van der Waals surface area contributed by atoms with Gasteiger partial charge in [-0.15, -0.1) is 6.58 Å². The van der Waals surface area contributed by atoms with Gasteiger partial charge < -0.3 is 34.2 Å². The van der Waals surface area contributed by atoms with Gasteiger partial charge in [-0.2, -0.15) is 5.26 Å². The third-order valence-corrected chi connectivity index (χ3v) is 11.2. The second kappa shape index (κ2) is 18.6. The van der Waals surface area contributed by atoms with Crippen LogP contribution in [0.25, 0.3) is 0 Å². The molecule has 0 radical (unpaired) electrons. The summed E-state index contributed by atoms with van der Waals surface area (Å²) in [6.45, 7) is 6.52. The van der Waals surface area contributed by atoms with E-state index >= 15 is 0 Å². The number of rotatable bonds is 18. The molecule has 6 rings (SSSR count). The molecule has 0 bridgehead atoms.